The molecule has 0 saturated heterocycles. The van der Waals surface area contributed by atoms with Gasteiger partial charge in [0.25, 0.3) is 0 Å². The monoisotopic (exact) mass is 298 g/mol. The molecule has 0 fully saturated rings. The summed E-state index contributed by atoms with van der Waals surface area (Å²) >= 11 is 0. The Morgan fingerprint density at radius 3 is 1.71 bits per heavy atom. The predicted molar refractivity (Wildman–Crippen MR) is 92.3 cm³/mol. The lowest BCUT2D eigenvalue weighted by Crippen LogP contribution is -2.35. The molecule has 126 valence electrons. The predicted octanol–water partition coefficient (Wildman–Crippen LogP) is 5.56. The van der Waals surface area contributed by atoms with Gasteiger partial charge in [0, 0.05) is 0 Å². The third-order valence-corrected chi connectivity index (χ3v) is 4.57. The van der Waals surface area contributed by atoms with Gasteiger partial charge in [-0.1, -0.05) is 60.6 Å². The molecule has 0 radical (unpaired) electrons. The summed E-state index contributed by atoms with van der Waals surface area (Å²) in [5, 5.41) is 9.64. The lowest BCUT2D eigenvalue weighted by molar-refractivity contribution is -0.182. The molecule has 0 spiro atoms. The molecule has 0 amide bonds. The summed E-state index contributed by atoms with van der Waals surface area (Å²) in [7, 11) is 0. The quantitative estimate of drug-likeness (QED) is 0.470. The zero-order chi connectivity index (χ0) is 16.9. The zero-order valence-electron chi connectivity index (χ0n) is 15.8. The number of rotatable bonds is 8. The third-order valence-electron chi connectivity index (χ3n) is 4.57. The second kappa shape index (κ2) is 7.28. The van der Waals surface area contributed by atoms with Crippen LogP contribution in [-0.4, -0.2) is 17.5 Å². The third kappa shape index (κ3) is 9.31. The molecule has 0 bridgehead atoms. The van der Waals surface area contributed by atoms with Crippen LogP contribution in [-0.2, 0) is 4.74 Å². The van der Waals surface area contributed by atoms with Crippen LogP contribution in [0.15, 0.2) is 12.2 Å². The van der Waals surface area contributed by atoms with Crippen LogP contribution in [0, 0.1) is 16.2 Å². The van der Waals surface area contributed by atoms with Crippen molar-refractivity contribution < 1.29 is 9.84 Å². The highest BCUT2D eigenvalue weighted by atomic mass is 16.6. The second-order valence-corrected chi connectivity index (χ2v) is 9.12. The minimum atomic E-state index is -1.03. The molecule has 0 aliphatic heterocycles. The molecule has 0 unspecified atom stereocenters. The van der Waals surface area contributed by atoms with E-state index >= 15 is 0 Å². The number of allylic oxidation sites excluding steroid dienone is 2. The molecule has 0 aromatic carbocycles. The number of ether oxygens (including phenoxy) is 1. The standard InChI is InChI=1S/C19H38O2/c1-16(2,3)12-10-11-13-17(4,5)18(6,7)14-15-21-19(8,9)20/h10,12,20H,11,13-15H2,1-9H3. The smallest absolute Gasteiger partial charge is 0.159 e. The average Bonchev–Trinajstić information content (AvgIpc) is 2.20. The molecule has 0 aromatic rings. The first kappa shape index (κ1) is 20.7. The Labute approximate surface area is 133 Å². The maximum Gasteiger partial charge on any atom is 0.159 e. The normalized spacial score (nSPS) is 15.0. The Morgan fingerprint density at radius 2 is 1.29 bits per heavy atom. The largest absolute Gasteiger partial charge is 0.366 e. The van der Waals surface area contributed by atoms with Crippen molar-refractivity contribution in [3.8, 4) is 0 Å². The number of hydrogen-bond acceptors (Lipinski definition) is 2. The summed E-state index contributed by atoms with van der Waals surface area (Å²) in [5.41, 5.74) is 0.673. The molecule has 2 nitrogen and oxygen atoms in total. The van der Waals surface area contributed by atoms with Crippen molar-refractivity contribution >= 4 is 0 Å². The van der Waals surface area contributed by atoms with E-state index in [1.165, 1.54) is 0 Å². The Hall–Kier alpha value is -0.340. The fraction of sp³-hybridized carbons (Fsp3) is 0.895. The van der Waals surface area contributed by atoms with Crippen molar-refractivity contribution in [1.29, 1.82) is 0 Å². The molecule has 0 heterocycles. The first-order valence-corrected chi connectivity index (χ1v) is 8.20. The summed E-state index contributed by atoms with van der Waals surface area (Å²) in [6, 6.07) is 0. The topological polar surface area (TPSA) is 29.5 Å². The molecular formula is C19H38O2. The van der Waals surface area contributed by atoms with Gasteiger partial charge in [0.15, 0.2) is 5.79 Å². The fourth-order valence-corrected chi connectivity index (χ4v) is 2.11. The van der Waals surface area contributed by atoms with Crippen molar-refractivity contribution in [2.24, 2.45) is 16.2 Å². The van der Waals surface area contributed by atoms with Gasteiger partial charge in [-0.05, 0) is 49.4 Å². The van der Waals surface area contributed by atoms with Crippen molar-refractivity contribution in [2.45, 2.75) is 87.4 Å². The molecule has 0 saturated carbocycles. The molecule has 1 N–H and O–H groups in total. The van der Waals surface area contributed by atoms with Gasteiger partial charge in [-0.2, -0.15) is 0 Å². The summed E-state index contributed by atoms with van der Waals surface area (Å²) in [6.07, 6.45) is 7.83. The highest BCUT2D eigenvalue weighted by Gasteiger charge is 2.36. The van der Waals surface area contributed by atoms with E-state index in [-0.39, 0.29) is 16.2 Å². The van der Waals surface area contributed by atoms with E-state index in [2.05, 4.69) is 60.6 Å². The van der Waals surface area contributed by atoms with Crippen molar-refractivity contribution in [3.05, 3.63) is 12.2 Å². The molecule has 0 aliphatic rings. The molecule has 0 rings (SSSR count). The summed E-state index contributed by atoms with van der Waals surface area (Å²) in [4.78, 5) is 0. The number of hydrogen-bond donors (Lipinski definition) is 1. The van der Waals surface area contributed by atoms with E-state index in [1.807, 2.05) is 0 Å². The zero-order valence-corrected chi connectivity index (χ0v) is 15.8. The van der Waals surface area contributed by atoms with Crippen LogP contribution in [0.25, 0.3) is 0 Å². The van der Waals surface area contributed by atoms with Crippen LogP contribution in [0.3, 0.4) is 0 Å². The van der Waals surface area contributed by atoms with Gasteiger partial charge in [0.05, 0.1) is 6.61 Å². The van der Waals surface area contributed by atoms with Crippen LogP contribution in [0.4, 0.5) is 0 Å². The molecule has 21 heavy (non-hydrogen) atoms. The van der Waals surface area contributed by atoms with Crippen LogP contribution in [0.1, 0.15) is 81.6 Å². The molecule has 2 heteroatoms. The lowest BCUT2D eigenvalue weighted by atomic mass is 9.64. The van der Waals surface area contributed by atoms with E-state index in [9.17, 15) is 5.11 Å². The maximum atomic E-state index is 9.64. The van der Waals surface area contributed by atoms with Gasteiger partial charge >= 0.3 is 0 Å². The SMILES string of the molecule is CC(C)(C)C=CCCC(C)(C)C(C)(C)CCOC(C)(C)O. The van der Waals surface area contributed by atoms with E-state index < -0.39 is 5.79 Å². The van der Waals surface area contributed by atoms with Gasteiger partial charge in [0.1, 0.15) is 0 Å². The Kier molecular flexibility index (Phi) is 7.16. The molecule has 0 atom stereocenters. The first-order chi connectivity index (χ1) is 9.16. The highest BCUT2D eigenvalue weighted by Crippen LogP contribution is 2.44. The van der Waals surface area contributed by atoms with Gasteiger partial charge in [-0.15, -0.1) is 0 Å². The van der Waals surface area contributed by atoms with Crippen LogP contribution in [0.2, 0.25) is 0 Å². The van der Waals surface area contributed by atoms with E-state index in [0.717, 1.165) is 19.3 Å². The van der Waals surface area contributed by atoms with Crippen LogP contribution < -0.4 is 0 Å². The molecular weight excluding hydrogens is 260 g/mol. The van der Waals surface area contributed by atoms with Crippen molar-refractivity contribution in [2.75, 3.05) is 6.61 Å². The average molecular weight is 299 g/mol. The van der Waals surface area contributed by atoms with Gasteiger partial charge < -0.3 is 9.84 Å². The van der Waals surface area contributed by atoms with Crippen molar-refractivity contribution in [1.82, 2.24) is 0 Å². The van der Waals surface area contributed by atoms with E-state index in [0.29, 0.717) is 6.61 Å². The van der Waals surface area contributed by atoms with Gasteiger partial charge in [-0.3, -0.25) is 0 Å². The molecule has 0 aliphatic carbocycles. The minimum Gasteiger partial charge on any atom is -0.366 e. The van der Waals surface area contributed by atoms with Crippen molar-refractivity contribution in [3.63, 3.8) is 0 Å². The van der Waals surface area contributed by atoms with Gasteiger partial charge in [-0.25, -0.2) is 0 Å². The van der Waals surface area contributed by atoms with E-state index in [4.69, 9.17) is 4.74 Å². The number of aliphatic hydroxyl groups is 1. The first-order valence-electron chi connectivity index (χ1n) is 8.20. The Balaban J connectivity index is 4.41. The second-order valence-electron chi connectivity index (χ2n) is 9.12. The Morgan fingerprint density at radius 1 is 0.810 bits per heavy atom. The van der Waals surface area contributed by atoms with E-state index in [1.54, 1.807) is 13.8 Å². The Bertz CT molecular complexity index is 324. The minimum absolute atomic E-state index is 0.174. The fourth-order valence-electron chi connectivity index (χ4n) is 2.11. The van der Waals surface area contributed by atoms with Crippen LogP contribution in [0.5, 0.6) is 0 Å². The summed E-state index contributed by atoms with van der Waals surface area (Å²) < 4.78 is 5.47. The lowest BCUT2D eigenvalue weighted by Gasteiger charge is -2.42. The summed E-state index contributed by atoms with van der Waals surface area (Å²) in [6.45, 7) is 19.9. The highest BCUT2D eigenvalue weighted by molar-refractivity contribution is 4.94. The summed E-state index contributed by atoms with van der Waals surface area (Å²) in [5.74, 6) is -1.03. The molecule has 0 aromatic heterocycles. The maximum absolute atomic E-state index is 9.64. The van der Waals surface area contributed by atoms with Gasteiger partial charge in [0.2, 0.25) is 0 Å². The van der Waals surface area contributed by atoms with Crippen LogP contribution >= 0.6 is 0 Å².